The third-order valence-electron chi connectivity index (χ3n) is 6.50. The zero-order valence-electron chi connectivity index (χ0n) is 17.0. The third kappa shape index (κ3) is 2.83. The number of carbonyl (C=O) groups excluding carboxylic acids is 1. The summed E-state index contributed by atoms with van der Waals surface area (Å²) in [5.41, 5.74) is 1.65. The number of anilines is 1. The molecule has 3 aromatic carbocycles. The second-order valence-electron chi connectivity index (χ2n) is 8.05. The maximum atomic E-state index is 14.1. The van der Waals surface area contributed by atoms with Crippen molar-refractivity contribution in [2.24, 2.45) is 5.41 Å². The fourth-order valence-corrected chi connectivity index (χ4v) is 5.40. The van der Waals surface area contributed by atoms with E-state index in [2.05, 4.69) is 28.1 Å². The first-order valence-electron chi connectivity index (χ1n) is 10.3. The van der Waals surface area contributed by atoms with Crippen molar-refractivity contribution in [3.8, 4) is 12.1 Å². The van der Waals surface area contributed by atoms with Crippen LogP contribution in [-0.2, 0) is 0 Å². The molecule has 0 unspecified atom stereocenters. The van der Waals surface area contributed by atoms with Crippen LogP contribution < -0.4 is 4.90 Å². The maximum Gasteiger partial charge on any atom is 0.186 e. The lowest BCUT2D eigenvalue weighted by Gasteiger charge is -2.35. The Kier molecular flexibility index (Phi) is 4.93. The monoisotopic (exact) mass is 479 g/mol. The highest BCUT2D eigenvalue weighted by Gasteiger charge is 2.64. The Balaban J connectivity index is 1.78. The van der Waals surface area contributed by atoms with Gasteiger partial charge in [0.15, 0.2) is 11.2 Å². The average Bonchev–Trinajstić information content (AvgIpc) is 3.15. The van der Waals surface area contributed by atoms with Crippen LogP contribution in [-0.4, -0.2) is 17.9 Å². The van der Waals surface area contributed by atoms with Crippen molar-refractivity contribution in [3.05, 3.63) is 106 Å². The standard InChI is InChI=1S/C27H18BrN3O/c28-21-13-10-20(11-14-21)26(32)27(17-30)24-15-12-18-6-4-5-9-22(18)31(24)23(16-29)25(27)19-7-2-1-3-8-19/h1-15,23-25H/t23-,24+,25-,27+/m0/s1. The van der Waals surface area contributed by atoms with Gasteiger partial charge < -0.3 is 4.90 Å². The molecule has 0 bridgehead atoms. The number of rotatable bonds is 3. The molecular formula is C27H18BrN3O. The van der Waals surface area contributed by atoms with E-state index in [1.165, 1.54) is 0 Å². The number of benzene rings is 3. The fourth-order valence-electron chi connectivity index (χ4n) is 5.13. The van der Waals surface area contributed by atoms with Crippen molar-refractivity contribution < 1.29 is 4.79 Å². The molecule has 4 atom stereocenters. The van der Waals surface area contributed by atoms with Gasteiger partial charge in [-0.1, -0.05) is 88.7 Å². The van der Waals surface area contributed by atoms with Crippen LogP contribution in [0, 0.1) is 28.1 Å². The number of halogens is 1. The summed E-state index contributed by atoms with van der Waals surface area (Å²) in [6.45, 7) is 0. The van der Waals surface area contributed by atoms with E-state index >= 15 is 0 Å². The van der Waals surface area contributed by atoms with E-state index < -0.39 is 23.4 Å². The summed E-state index contributed by atoms with van der Waals surface area (Å²) in [6, 6.07) is 28.0. The normalized spacial score (nSPS) is 25.3. The number of Topliss-reactive ketones (excluding diaryl/α,β-unsaturated/α-hetero) is 1. The number of fused-ring (bicyclic) bond motifs is 3. The second-order valence-corrected chi connectivity index (χ2v) is 8.96. The summed E-state index contributed by atoms with van der Waals surface area (Å²) in [7, 11) is 0. The van der Waals surface area contributed by atoms with Crippen molar-refractivity contribution in [2.45, 2.75) is 18.0 Å². The summed E-state index contributed by atoms with van der Waals surface area (Å²) >= 11 is 3.41. The van der Waals surface area contributed by atoms with Crippen molar-refractivity contribution in [1.82, 2.24) is 0 Å². The topological polar surface area (TPSA) is 67.9 Å². The van der Waals surface area contributed by atoms with Crippen LogP contribution in [0.5, 0.6) is 0 Å². The van der Waals surface area contributed by atoms with Crippen molar-refractivity contribution in [1.29, 1.82) is 10.5 Å². The zero-order valence-corrected chi connectivity index (χ0v) is 18.6. The lowest BCUT2D eigenvalue weighted by Crippen LogP contribution is -2.45. The number of hydrogen-bond donors (Lipinski definition) is 0. The molecule has 1 saturated heterocycles. The first kappa shape index (κ1) is 20.2. The lowest BCUT2D eigenvalue weighted by molar-refractivity contribution is 0.0842. The molecule has 4 nitrogen and oxygen atoms in total. The average molecular weight is 480 g/mol. The summed E-state index contributed by atoms with van der Waals surface area (Å²) in [5, 5.41) is 21.0. The van der Waals surface area contributed by atoms with E-state index in [4.69, 9.17) is 0 Å². The molecule has 2 aliphatic rings. The minimum atomic E-state index is -1.46. The van der Waals surface area contributed by atoms with E-state index in [0.717, 1.165) is 21.3 Å². The number of para-hydroxylation sites is 1. The highest BCUT2D eigenvalue weighted by Crippen LogP contribution is 2.56. The summed E-state index contributed by atoms with van der Waals surface area (Å²) in [5.74, 6) is -0.881. The molecule has 0 aromatic heterocycles. The van der Waals surface area contributed by atoms with Gasteiger partial charge in [-0.3, -0.25) is 4.79 Å². The van der Waals surface area contributed by atoms with Crippen LogP contribution in [0.1, 0.15) is 27.4 Å². The molecule has 154 valence electrons. The Hall–Kier alpha value is -3.67. The SMILES string of the molecule is N#C[C@H]1[C@H](c2ccccc2)[C@](C#N)(C(=O)c2ccc(Br)cc2)[C@H]2C=Cc3ccccc3N12. The highest BCUT2D eigenvalue weighted by molar-refractivity contribution is 9.10. The molecule has 0 N–H and O–H groups in total. The molecule has 3 aromatic rings. The molecule has 0 saturated carbocycles. The molecule has 0 spiro atoms. The van der Waals surface area contributed by atoms with Crippen molar-refractivity contribution in [3.63, 3.8) is 0 Å². The number of ketones is 1. The van der Waals surface area contributed by atoms with Gasteiger partial charge in [-0.25, -0.2) is 0 Å². The molecule has 5 rings (SSSR count). The van der Waals surface area contributed by atoms with Gasteiger partial charge in [0.2, 0.25) is 0 Å². The van der Waals surface area contributed by atoms with Gasteiger partial charge in [-0.2, -0.15) is 10.5 Å². The number of nitrogens with zero attached hydrogens (tertiary/aromatic N) is 3. The second kappa shape index (κ2) is 7.79. The van der Waals surface area contributed by atoms with Crippen molar-refractivity contribution >= 4 is 33.5 Å². The minimum Gasteiger partial charge on any atom is -0.346 e. The van der Waals surface area contributed by atoms with E-state index in [-0.39, 0.29) is 5.78 Å². The van der Waals surface area contributed by atoms with Crippen LogP contribution in [0.4, 0.5) is 5.69 Å². The van der Waals surface area contributed by atoms with E-state index in [0.29, 0.717) is 5.56 Å². The van der Waals surface area contributed by atoms with Crippen LogP contribution in [0.3, 0.4) is 0 Å². The molecule has 0 amide bonds. The van der Waals surface area contributed by atoms with Gasteiger partial charge in [0, 0.05) is 21.6 Å². The quantitative estimate of drug-likeness (QED) is 0.449. The Bertz CT molecular complexity index is 1300. The first-order valence-corrected chi connectivity index (χ1v) is 11.1. The molecular weight excluding hydrogens is 462 g/mol. The Morgan fingerprint density at radius 3 is 2.31 bits per heavy atom. The van der Waals surface area contributed by atoms with Crippen LogP contribution >= 0.6 is 15.9 Å². The number of nitriles is 2. The van der Waals surface area contributed by atoms with Crippen LogP contribution in [0.2, 0.25) is 0 Å². The first-order chi connectivity index (χ1) is 15.6. The van der Waals surface area contributed by atoms with Gasteiger partial charge in [0.1, 0.15) is 6.04 Å². The van der Waals surface area contributed by atoms with E-state index in [1.54, 1.807) is 24.3 Å². The van der Waals surface area contributed by atoms with E-state index in [1.807, 2.05) is 71.6 Å². The predicted octanol–water partition coefficient (Wildman–Crippen LogP) is 5.73. The van der Waals surface area contributed by atoms with Gasteiger partial charge in [-0.15, -0.1) is 0 Å². The molecule has 2 aliphatic heterocycles. The largest absolute Gasteiger partial charge is 0.346 e. The fraction of sp³-hybridized carbons (Fsp3) is 0.148. The van der Waals surface area contributed by atoms with E-state index in [9.17, 15) is 15.3 Å². The molecule has 5 heteroatoms. The Morgan fingerprint density at radius 2 is 1.62 bits per heavy atom. The summed E-state index contributed by atoms with van der Waals surface area (Å²) in [6.07, 6.45) is 3.87. The predicted molar refractivity (Wildman–Crippen MR) is 127 cm³/mol. The minimum absolute atomic E-state index is 0.266. The van der Waals surface area contributed by atoms with Gasteiger partial charge in [0.05, 0.1) is 18.2 Å². The van der Waals surface area contributed by atoms with Crippen LogP contribution in [0.15, 0.2) is 89.4 Å². The molecule has 0 radical (unpaired) electrons. The smallest absolute Gasteiger partial charge is 0.186 e. The summed E-state index contributed by atoms with van der Waals surface area (Å²) < 4.78 is 0.856. The maximum absolute atomic E-state index is 14.1. The third-order valence-corrected chi connectivity index (χ3v) is 7.03. The van der Waals surface area contributed by atoms with Crippen LogP contribution in [0.25, 0.3) is 6.08 Å². The summed E-state index contributed by atoms with van der Waals surface area (Å²) in [4.78, 5) is 16.1. The van der Waals surface area contributed by atoms with Crippen molar-refractivity contribution in [2.75, 3.05) is 4.90 Å². The number of hydrogen-bond acceptors (Lipinski definition) is 4. The Labute approximate surface area is 195 Å². The molecule has 0 aliphatic carbocycles. The molecule has 2 heterocycles. The Morgan fingerprint density at radius 1 is 0.938 bits per heavy atom. The number of carbonyl (C=O) groups is 1. The zero-order chi connectivity index (χ0) is 22.3. The highest BCUT2D eigenvalue weighted by atomic mass is 79.9. The van der Waals surface area contributed by atoms with Gasteiger partial charge in [-0.05, 0) is 29.3 Å². The van der Waals surface area contributed by atoms with Gasteiger partial charge in [0.25, 0.3) is 0 Å². The molecule has 32 heavy (non-hydrogen) atoms. The molecule has 1 fully saturated rings. The lowest BCUT2D eigenvalue weighted by atomic mass is 9.65. The van der Waals surface area contributed by atoms with Gasteiger partial charge >= 0.3 is 0 Å².